The fourth-order valence-corrected chi connectivity index (χ4v) is 3.14. The Morgan fingerprint density at radius 2 is 1.63 bits per heavy atom. The molecular formula is C21H24FN3O2. The average Bonchev–Trinajstić information content (AvgIpc) is 2.65. The van der Waals surface area contributed by atoms with E-state index in [1.54, 1.807) is 17.0 Å². The zero-order valence-electron chi connectivity index (χ0n) is 15.7. The summed E-state index contributed by atoms with van der Waals surface area (Å²) in [5.74, 6) is -0.735. The van der Waals surface area contributed by atoms with Gasteiger partial charge in [-0.3, -0.25) is 9.59 Å². The first-order chi connectivity index (χ1) is 12.9. The van der Waals surface area contributed by atoms with Gasteiger partial charge in [0.1, 0.15) is 12.2 Å². The lowest BCUT2D eigenvalue weighted by Gasteiger charge is -2.36. The van der Waals surface area contributed by atoms with Gasteiger partial charge in [0.2, 0.25) is 11.8 Å². The number of hydrogen-bond donors (Lipinski definition) is 1. The minimum Gasteiger partial charge on any atom is -0.368 e. The van der Waals surface area contributed by atoms with Crippen LogP contribution < -0.4 is 10.2 Å². The fourth-order valence-electron chi connectivity index (χ4n) is 3.14. The van der Waals surface area contributed by atoms with Gasteiger partial charge in [-0.25, -0.2) is 4.39 Å². The molecular weight excluding hydrogens is 345 g/mol. The van der Waals surface area contributed by atoms with Crippen LogP contribution in [0.1, 0.15) is 17.5 Å². The maximum atomic E-state index is 13.0. The van der Waals surface area contributed by atoms with E-state index in [1.165, 1.54) is 12.1 Å². The Bertz CT molecular complexity index is 828. The second-order valence-corrected chi connectivity index (χ2v) is 6.87. The zero-order valence-corrected chi connectivity index (χ0v) is 15.7. The molecule has 1 aliphatic rings. The zero-order chi connectivity index (χ0) is 19.4. The van der Waals surface area contributed by atoms with E-state index >= 15 is 0 Å². The minimum atomic E-state index is -0.302. The molecule has 0 unspecified atom stereocenters. The number of amides is 2. The van der Waals surface area contributed by atoms with Crippen LogP contribution in [0.5, 0.6) is 0 Å². The van der Waals surface area contributed by atoms with Crippen LogP contribution >= 0.6 is 0 Å². The summed E-state index contributed by atoms with van der Waals surface area (Å²) in [6, 6.07) is 12.0. The van der Waals surface area contributed by atoms with Gasteiger partial charge in [0.15, 0.2) is 0 Å². The van der Waals surface area contributed by atoms with Crippen LogP contribution in [-0.4, -0.2) is 42.9 Å². The fraction of sp³-hybridized carbons (Fsp3) is 0.333. The van der Waals surface area contributed by atoms with E-state index in [2.05, 4.69) is 10.2 Å². The second kappa shape index (κ2) is 8.20. The highest BCUT2D eigenvalue weighted by atomic mass is 19.1. The lowest BCUT2D eigenvalue weighted by atomic mass is 10.1. The summed E-state index contributed by atoms with van der Waals surface area (Å²) in [7, 11) is 0. The molecule has 1 heterocycles. The molecule has 0 saturated carbocycles. The van der Waals surface area contributed by atoms with Gasteiger partial charge in [-0.2, -0.15) is 0 Å². The first kappa shape index (κ1) is 18.9. The molecule has 1 fully saturated rings. The van der Waals surface area contributed by atoms with Crippen LogP contribution in [0.4, 0.5) is 15.8 Å². The number of carbonyl (C=O) groups excluding carboxylic acids is 2. The molecule has 0 atom stereocenters. The van der Waals surface area contributed by atoms with E-state index < -0.39 is 0 Å². The van der Waals surface area contributed by atoms with E-state index in [0.717, 1.165) is 16.8 Å². The van der Waals surface area contributed by atoms with E-state index in [-0.39, 0.29) is 24.1 Å². The van der Waals surface area contributed by atoms with Gasteiger partial charge < -0.3 is 15.1 Å². The summed E-state index contributed by atoms with van der Waals surface area (Å²) in [5, 5.41) is 2.79. The summed E-state index contributed by atoms with van der Waals surface area (Å²) >= 11 is 0. The number of piperazine rings is 1. The normalized spacial score (nSPS) is 14.2. The molecule has 0 aromatic heterocycles. The van der Waals surface area contributed by atoms with E-state index in [4.69, 9.17) is 0 Å². The summed E-state index contributed by atoms with van der Waals surface area (Å²) in [5.41, 5.74) is 3.90. The molecule has 1 saturated heterocycles. The van der Waals surface area contributed by atoms with Crippen LogP contribution in [0, 0.1) is 19.7 Å². The van der Waals surface area contributed by atoms with Crippen LogP contribution in [0.3, 0.4) is 0 Å². The third-order valence-electron chi connectivity index (χ3n) is 4.93. The topological polar surface area (TPSA) is 52.7 Å². The largest absolute Gasteiger partial charge is 0.368 e. The molecule has 0 aliphatic carbocycles. The number of anilines is 2. The minimum absolute atomic E-state index is 0.163. The van der Waals surface area contributed by atoms with Crippen LogP contribution in [-0.2, 0) is 9.59 Å². The van der Waals surface area contributed by atoms with Gasteiger partial charge >= 0.3 is 0 Å². The smallest absolute Gasteiger partial charge is 0.233 e. The monoisotopic (exact) mass is 369 g/mol. The van der Waals surface area contributed by atoms with E-state index in [1.807, 2.05) is 32.0 Å². The maximum absolute atomic E-state index is 13.0. The Kier molecular flexibility index (Phi) is 5.74. The van der Waals surface area contributed by atoms with Crippen molar-refractivity contribution in [3.05, 3.63) is 59.4 Å². The molecule has 3 rings (SSSR count). The van der Waals surface area contributed by atoms with Gasteiger partial charge in [0.05, 0.1) is 0 Å². The SMILES string of the molecule is Cc1ccc(NC(=O)CC(=O)N2CCN(c3ccc(F)cc3)CC2)cc1C. The van der Waals surface area contributed by atoms with Gasteiger partial charge in [-0.1, -0.05) is 6.07 Å². The van der Waals surface area contributed by atoms with Crippen molar-refractivity contribution >= 4 is 23.2 Å². The molecule has 1 N–H and O–H groups in total. The number of halogens is 1. The number of hydrogen-bond acceptors (Lipinski definition) is 3. The second-order valence-electron chi connectivity index (χ2n) is 6.87. The molecule has 0 spiro atoms. The van der Waals surface area contributed by atoms with Crippen LogP contribution in [0.2, 0.25) is 0 Å². The summed E-state index contributed by atoms with van der Waals surface area (Å²) in [4.78, 5) is 28.4. The van der Waals surface area contributed by atoms with Crippen molar-refractivity contribution in [2.24, 2.45) is 0 Å². The maximum Gasteiger partial charge on any atom is 0.233 e. The highest BCUT2D eigenvalue weighted by Crippen LogP contribution is 2.18. The van der Waals surface area contributed by atoms with Crippen LogP contribution in [0.25, 0.3) is 0 Å². The molecule has 5 nitrogen and oxygen atoms in total. The lowest BCUT2D eigenvalue weighted by Crippen LogP contribution is -2.49. The molecule has 27 heavy (non-hydrogen) atoms. The first-order valence-corrected chi connectivity index (χ1v) is 9.08. The highest BCUT2D eigenvalue weighted by molar-refractivity contribution is 6.03. The van der Waals surface area contributed by atoms with Gasteiger partial charge in [0.25, 0.3) is 0 Å². The van der Waals surface area contributed by atoms with Gasteiger partial charge in [0, 0.05) is 37.6 Å². The number of benzene rings is 2. The van der Waals surface area contributed by atoms with Crippen LogP contribution in [0.15, 0.2) is 42.5 Å². The van der Waals surface area contributed by atoms with E-state index in [9.17, 15) is 14.0 Å². The quantitative estimate of drug-likeness (QED) is 0.843. The summed E-state index contributed by atoms with van der Waals surface area (Å²) < 4.78 is 13.0. The Hall–Kier alpha value is -2.89. The van der Waals surface area contributed by atoms with Crippen molar-refractivity contribution in [2.75, 3.05) is 36.4 Å². The Balaban J connectivity index is 1.49. The lowest BCUT2D eigenvalue weighted by molar-refractivity contribution is -0.134. The number of nitrogens with zero attached hydrogens (tertiary/aromatic N) is 2. The molecule has 142 valence electrons. The standard InChI is InChI=1S/C21H24FN3O2/c1-15-3-6-18(13-16(15)2)23-20(26)14-21(27)25-11-9-24(10-12-25)19-7-4-17(22)5-8-19/h3-8,13H,9-12,14H2,1-2H3,(H,23,26). The molecule has 2 amide bonds. The third kappa shape index (κ3) is 4.84. The predicted molar refractivity (Wildman–Crippen MR) is 104 cm³/mol. The van der Waals surface area contributed by atoms with Gasteiger partial charge in [-0.05, 0) is 61.4 Å². The molecule has 6 heteroatoms. The van der Waals surface area contributed by atoms with Crippen molar-refractivity contribution in [2.45, 2.75) is 20.3 Å². The highest BCUT2D eigenvalue weighted by Gasteiger charge is 2.23. The molecule has 0 radical (unpaired) electrons. The summed E-state index contributed by atoms with van der Waals surface area (Å²) in [6.45, 7) is 6.42. The molecule has 0 bridgehead atoms. The number of rotatable bonds is 4. The average molecular weight is 369 g/mol. The predicted octanol–water partition coefficient (Wildman–Crippen LogP) is 3.12. The molecule has 1 aliphatic heterocycles. The number of aryl methyl sites for hydroxylation is 2. The molecule has 2 aromatic rings. The van der Waals surface area contributed by atoms with Gasteiger partial charge in [-0.15, -0.1) is 0 Å². The van der Waals surface area contributed by atoms with E-state index in [0.29, 0.717) is 31.9 Å². The third-order valence-corrected chi connectivity index (χ3v) is 4.93. The number of nitrogens with one attached hydrogen (secondary N) is 1. The van der Waals surface area contributed by atoms with Crippen molar-refractivity contribution in [1.29, 1.82) is 0 Å². The van der Waals surface area contributed by atoms with Crippen molar-refractivity contribution in [3.8, 4) is 0 Å². The van der Waals surface area contributed by atoms with Crippen molar-refractivity contribution in [3.63, 3.8) is 0 Å². The number of carbonyl (C=O) groups is 2. The molecule has 2 aromatic carbocycles. The Morgan fingerprint density at radius 1 is 0.963 bits per heavy atom. The summed E-state index contributed by atoms with van der Waals surface area (Å²) in [6.07, 6.45) is -0.163. The Morgan fingerprint density at radius 3 is 2.26 bits per heavy atom. The van der Waals surface area contributed by atoms with Crippen molar-refractivity contribution in [1.82, 2.24) is 4.90 Å². The van der Waals surface area contributed by atoms with Crippen molar-refractivity contribution < 1.29 is 14.0 Å². The Labute approximate surface area is 158 Å². The first-order valence-electron chi connectivity index (χ1n) is 9.08.